The van der Waals surface area contributed by atoms with E-state index in [2.05, 4.69) is 15.2 Å². The van der Waals surface area contributed by atoms with Crippen LogP contribution in [0.5, 0.6) is 0 Å². The van der Waals surface area contributed by atoms with Gasteiger partial charge in [-0.2, -0.15) is 13.2 Å². The maximum absolute atomic E-state index is 13.2. The van der Waals surface area contributed by atoms with Gasteiger partial charge in [0.25, 0.3) is 5.91 Å². The fourth-order valence-electron chi connectivity index (χ4n) is 4.08. The number of benzene rings is 2. The molecule has 0 radical (unpaired) electrons. The quantitative estimate of drug-likeness (QED) is 0.358. The lowest BCUT2D eigenvalue weighted by Gasteiger charge is -2.26. The number of ether oxygens (including phenoxy) is 1. The summed E-state index contributed by atoms with van der Waals surface area (Å²) in [7, 11) is 0. The third-order valence-corrected chi connectivity index (χ3v) is 6.62. The number of rotatable bonds is 10. The van der Waals surface area contributed by atoms with Gasteiger partial charge >= 0.3 is 6.18 Å². The van der Waals surface area contributed by atoms with Gasteiger partial charge in [0.1, 0.15) is 6.26 Å². The molecule has 0 atom stereocenters. The van der Waals surface area contributed by atoms with E-state index >= 15 is 0 Å². The van der Waals surface area contributed by atoms with E-state index < -0.39 is 11.7 Å². The zero-order chi connectivity index (χ0) is 27.1. The van der Waals surface area contributed by atoms with Gasteiger partial charge in [-0.15, -0.1) is 0 Å². The van der Waals surface area contributed by atoms with Crippen LogP contribution in [0.2, 0.25) is 10.0 Å². The second kappa shape index (κ2) is 12.9. The van der Waals surface area contributed by atoms with Crippen LogP contribution in [0, 0.1) is 0 Å². The number of carbonyl (C=O) groups is 1. The summed E-state index contributed by atoms with van der Waals surface area (Å²) in [6, 6.07) is 10.2. The van der Waals surface area contributed by atoms with E-state index in [9.17, 15) is 18.0 Å². The van der Waals surface area contributed by atoms with Crippen LogP contribution < -0.4 is 5.32 Å². The first kappa shape index (κ1) is 28.4. The highest BCUT2D eigenvalue weighted by atomic mass is 35.5. The van der Waals surface area contributed by atoms with E-state index in [1.807, 2.05) is 4.90 Å². The van der Waals surface area contributed by atoms with Crippen LogP contribution in [-0.2, 0) is 30.5 Å². The van der Waals surface area contributed by atoms with Crippen LogP contribution in [0.25, 0.3) is 0 Å². The van der Waals surface area contributed by atoms with Gasteiger partial charge in [0.2, 0.25) is 5.89 Å². The van der Waals surface area contributed by atoms with E-state index in [0.29, 0.717) is 41.9 Å². The van der Waals surface area contributed by atoms with Crippen molar-refractivity contribution in [2.75, 3.05) is 39.4 Å². The molecule has 1 N–H and O–H groups in total. The van der Waals surface area contributed by atoms with Gasteiger partial charge in [0, 0.05) is 49.3 Å². The molecule has 7 nitrogen and oxygen atoms in total. The Morgan fingerprint density at radius 2 is 1.87 bits per heavy atom. The van der Waals surface area contributed by atoms with Crippen molar-refractivity contribution in [2.24, 2.45) is 0 Å². The van der Waals surface area contributed by atoms with Crippen molar-refractivity contribution in [1.29, 1.82) is 0 Å². The summed E-state index contributed by atoms with van der Waals surface area (Å²) in [4.78, 5) is 20.9. The standard InChI is InChI=1S/C26H27Cl2F3N4O3/c27-21-5-4-19(22(28)13-21)15-35(14-18-2-1-3-20(12-18)26(29,30)31)16-24-33-23(17-38-24)25(36)32-6-7-34-8-10-37-11-9-34/h1-5,12-13,17H,6-11,14-16H2,(H,32,36). The Bertz CT molecular complexity index is 1230. The zero-order valence-corrected chi connectivity index (χ0v) is 22.0. The molecule has 2 aromatic carbocycles. The average molecular weight is 571 g/mol. The van der Waals surface area contributed by atoms with E-state index in [0.717, 1.165) is 30.8 Å². The van der Waals surface area contributed by atoms with Crippen LogP contribution in [0.4, 0.5) is 13.2 Å². The number of morpholine rings is 1. The molecule has 1 aliphatic heterocycles. The molecular formula is C26H27Cl2F3N4O3. The number of nitrogens with one attached hydrogen (secondary N) is 1. The summed E-state index contributed by atoms with van der Waals surface area (Å²) >= 11 is 12.4. The molecule has 0 aliphatic carbocycles. The lowest BCUT2D eigenvalue weighted by molar-refractivity contribution is -0.137. The van der Waals surface area contributed by atoms with Gasteiger partial charge in [-0.1, -0.05) is 47.5 Å². The van der Waals surface area contributed by atoms with Gasteiger partial charge in [-0.25, -0.2) is 4.98 Å². The fourth-order valence-corrected chi connectivity index (χ4v) is 4.55. The molecule has 12 heteroatoms. The van der Waals surface area contributed by atoms with Crippen molar-refractivity contribution in [3.8, 4) is 0 Å². The molecule has 4 rings (SSSR count). The van der Waals surface area contributed by atoms with Crippen LogP contribution in [0.3, 0.4) is 0 Å². The maximum atomic E-state index is 13.2. The number of halogens is 5. The highest BCUT2D eigenvalue weighted by molar-refractivity contribution is 6.35. The van der Waals surface area contributed by atoms with Crippen molar-refractivity contribution in [1.82, 2.24) is 20.1 Å². The Morgan fingerprint density at radius 1 is 1.08 bits per heavy atom. The second-order valence-corrected chi connectivity index (χ2v) is 9.76. The number of carbonyl (C=O) groups excluding carboxylic acids is 1. The zero-order valence-electron chi connectivity index (χ0n) is 20.4. The van der Waals surface area contributed by atoms with E-state index in [1.54, 1.807) is 24.3 Å². The summed E-state index contributed by atoms with van der Waals surface area (Å²) in [6.07, 6.45) is -3.18. The van der Waals surface area contributed by atoms with Crippen molar-refractivity contribution in [3.05, 3.63) is 87.0 Å². The first-order valence-electron chi connectivity index (χ1n) is 12.0. The number of oxazole rings is 1. The Kier molecular flexibility index (Phi) is 9.67. The molecule has 1 aromatic heterocycles. The molecule has 0 unspecified atom stereocenters. The molecule has 1 amide bonds. The molecule has 1 saturated heterocycles. The molecule has 38 heavy (non-hydrogen) atoms. The first-order chi connectivity index (χ1) is 18.2. The van der Waals surface area contributed by atoms with Gasteiger partial charge in [-0.3, -0.25) is 14.6 Å². The molecule has 1 fully saturated rings. The monoisotopic (exact) mass is 570 g/mol. The number of hydrogen-bond donors (Lipinski definition) is 1. The molecule has 204 valence electrons. The lowest BCUT2D eigenvalue weighted by Crippen LogP contribution is -2.41. The minimum Gasteiger partial charge on any atom is -0.447 e. The number of amides is 1. The smallest absolute Gasteiger partial charge is 0.416 e. The van der Waals surface area contributed by atoms with Crippen LogP contribution in [-0.4, -0.2) is 60.1 Å². The highest BCUT2D eigenvalue weighted by Gasteiger charge is 2.30. The van der Waals surface area contributed by atoms with E-state index in [-0.39, 0.29) is 37.1 Å². The lowest BCUT2D eigenvalue weighted by atomic mass is 10.1. The summed E-state index contributed by atoms with van der Waals surface area (Å²) in [5, 5.41) is 3.73. The molecule has 0 saturated carbocycles. The predicted octanol–water partition coefficient (Wildman–Crippen LogP) is 5.26. The Morgan fingerprint density at radius 3 is 2.61 bits per heavy atom. The molecule has 0 bridgehead atoms. The molecule has 1 aliphatic rings. The number of alkyl halides is 3. The fraction of sp³-hybridized carbons (Fsp3) is 0.385. The Balaban J connectivity index is 1.44. The maximum Gasteiger partial charge on any atom is 0.416 e. The molecule has 0 spiro atoms. The summed E-state index contributed by atoms with van der Waals surface area (Å²) in [6.45, 7) is 4.74. The predicted molar refractivity (Wildman–Crippen MR) is 137 cm³/mol. The normalized spacial score (nSPS) is 14.7. The first-order valence-corrected chi connectivity index (χ1v) is 12.8. The van der Waals surface area contributed by atoms with Crippen LogP contribution in [0.15, 0.2) is 53.1 Å². The third-order valence-electron chi connectivity index (χ3n) is 6.03. The molecule has 3 aromatic rings. The van der Waals surface area contributed by atoms with E-state index in [4.69, 9.17) is 32.4 Å². The van der Waals surface area contributed by atoms with Crippen molar-refractivity contribution >= 4 is 29.1 Å². The van der Waals surface area contributed by atoms with Gasteiger partial charge in [0.05, 0.1) is 25.3 Å². The Labute approximate surface area is 228 Å². The van der Waals surface area contributed by atoms with Crippen molar-refractivity contribution in [2.45, 2.75) is 25.8 Å². The minimum atomic E-state index is -4.45. The summed E-state index contributed by atoms with van der Waals surface area (Å²) in [5.74, 6) is -0.112. The van der Waals surface area contributed by atoms with Gasteiger partial charge in [-0.05, 0) is 29.3 Å². The SMILES string of the molecule is O=C(NCCN1CCOCC1)c1coc(CN(Cc2cccc(C(F)(F)F)c2)Cc2ccc(Cl)cc2Cl)n1. The summed E-state index contributed by atoms with van der Waals surface area (Å²) < 4.78 is 50.6. The second-order valence-electron chi connectivity index (χ2n) is 8.92. The van der Waals surface area contributed by atoms with Crippen molar-refractivity contribution in [3.63, 3.8) is 0 Å². The van der Waals surface area contributed by atoms with E-state index in [1.165, 1.54) is 12.3 Å². The van der Waals surface area contributed by atoms with Crippen molar-refractivity contribution < 1.29 is 27.1 Å². The topological polar surface area (TPSA) is 70.8 Å². The van der Waals surface area contributed by atoms with Gasteiger partial charge < -0.3 is 14.5 Å². The minimum absolute atomic E-state index is 0.130. The summed E-state index contributed by atoms with van der Waals surface area (Å²) in [5.41, 5.74) is 0.588. The van der Waals surface area contributed by atoms with Gasteiger partial charge in [0.15, 0.2) is 5.69 Å². The average Bonchev–Trinajstić information content (AvgIpc) is 3.34. The number of hydrogen-bond acceptors (Lipinski definition) is 6. The molecule has 2 heterocycles. The third kappa shape index (κ3) is 8.18. The number of aromatic nitrogens is 1. The molecular weight excluding hydrogens is 544 g/mol. The largest absolute Gasteiger partial charge is 0.447 e. The van der Waals surface area contributed by atoms with Crippen LogP contribution >= 0.6 is 23.2 Å². The van der Waals surface area contributed by atoms with Crippen LogP contribution in [0.1, 0.15) is 33.1 Å². The number of nitrogens with zero attached hydrogens (tertiary/aromatic N) is 3. The Hall–Kier alpha value is -2.63. The highest BCUT2D eigenvalue weighted by Crippen LogP contribution is 2.30.